The van der Waals surface area contributed by atoms with Gasteiger partial charge in [0.15, 0.2) is 0 Å². The van der Waals surface area contributed by atoms with Gasteiger partial charge in [0.25, 0.3) is 5.91 Å². The average Bonchev–Trinajstić information content (AvgIpc) is 3.40. The van der Waals surface area contributed by atoms with Crippen LogP contribution in [-0.4, -0.2) is 48.4 Å². The number of carbonyl (C=O) groups is 2. The SMILES string of the molecule is COc1cccc(CN2CC[C@]3(CCN(C(=O)c4cccs4)C3)C2=O)c1. The van der Waals surface area contributed by atoms with Gasteiger partial charge in [-0.2, -0.15) is 0 Å². The Morgan fingerprint density at radius 2 is 2.08 bits per heavy atom. The Kier molecular flexibility index (Phi) is 4.44. The molecule has 5 nitrogen and oxygen atoms in total. The molecule has 2 aliphatic heterocycles. The minimum absolute atomic E-state index is 0.0518. The Bertz CT molecular complexity index is 820. The molecular formula is C20H22N2O3S. The second-order valence-electron chi connectivity index (χ2n) is 7.06. The van der Waals surface area contributed by atoms with E-state index < -0.39 is 5.41 Å². The molecule has 0 bridgehead atoms. The highest BCUT2D eigenvalue weighted by Crippen LogP contribution is 2.41. The van der Waals surface area contributed by atoms with Crippen molar-refractivity contribution in [3.05, 3.63) is 52.2 Å². The number of likely N-dealkylation sites (tertiary alicyclic amines) is 2. The molecule has 0 radical (unpaired) electrons. The lowest BCUT2D eigenvalue weighted by molar-refractivity contribution is -0.135. The molecule has 1 atom stereocenters. The molecule has 2 aliphatic rings. The highest BCUT2D eigenvalue weighted by molar-refractivity contribution is 7.12. The van der Waals surface area contributed by atoms with Crippen LogP contribution in [0.15, 0.2) is 41.8 Å². The molecule has 4 rings (SSSR count). The van der Waals surface area contributed by atoms with Crippen LogP contribution in [0.4, 0.5) is 0 Å². The fraction of sp³-hybridized carbons (Fsp3) is 0.400. The molecule has 1 aromatic carbocycles. The van der Waals surface area contributed by atoms with Crippen LogP contribution < -0.4 is 4.74 Å². The Morgan fingerprint density at radius 3 is 2.85 bits per heavy atom. The summed E-state index contributed by atoms with van der Waals surface area (Å²) >= 11 is 1.46. The van der Waals surface area contributed by atoms with Crippen molar-refractivity contribution in [3.63, 3.8) is 0 Å². The molecule has 26 heavy (non-hydrogen) atoms. The lowest BCUT2D eigenvalue weighted by Crippen LogP contribution is -2.38. The van der Waals surface area contributed by atoms with Gasteiger partial charge in [0.1, 0.15) is 5.75 Å². The third-order valence-corrected chi connectivity index (χ3v) is 6.34. The van der Waals surface area contributed by atoms with Gasteiger partial charge in [-0.25, -0.2) is 0 Å². The van der Waals surface area contributed by atoms with E-state index in [-0.39, 0.29) is 11.8 Å². The number of methoxy groups -OCH3 is 1. The highest BCUT2D eigenvalue weighted by atomic mass is 32.1. The average molecular weight is 370 g/mol. The third-order valence-electron chi connectivity index (χ3n) is 5.48. The molecule has 0 N–H and O–H groups in total. The second kappa shape index (κ2) is 6.76. The zero-order chi connectivity index (χ0) is 18.1. The minimum atomic E-state index is -0.397. The van der Waals surface area contributed by atoms with Crippen molar-refractivity contribution in [1.82, 2.24) is 9.80 Å². The van der Waals surface area contributed by atoms with Crippen molar-refractivity contribution in [2.24, 2.45) is 5.41 Å². The van der Waals surface area contributed by atoms with E-state index in [4.69, 9.17) is 4.74 Å². The van der Waals surface area contributed by atoms with Gasteiger partial charge in [0, 0.05) is 26.2 Å². The molecule has 2 aromatic rings. The van der Waals surface area contributed by atoms with Crippen LogP contribution in [0, 0.1) is 5.41 Å². The minimum Gasteiger partial charge on any atom is -0.497 e. The van der Waals surface area contributed by atoms with Gasteiger partial charge in [-0.05, 0) is 42.0 Å². The first kappa shape index (κ1) is 17.1. The normalized spacial score (nSPS) is 22.4. The molecule has 136 valence electrons. The van der Waals surface area contributed by atoms with Crippen molar-refractivity contribution in [2.45, 2.75) is 19.4 Å². The van der Waals surface area contributed by atoms with Crippen molar-refractivity contribution in [2.75, 3.05) is 26.7 Å². The van der Waals surface area contributed by atoms with E-state index in [9.17, 15) is 9.59 Å². The van der Waals surface area contributed by atoms with Crippen LogP contribution in [0.2, 0.25) is 0 Å². The van der Waals surface area contributed by atoms with Crippen LogP contribution in [0.1, 0.15) is 28.1 Å². The molecule has 0 aliphatic carbocycles. The molecule has 3 heterocycles. The van der Waals surface area contributed by atoms with E-state index >= 15 is 0 Å². The first-order chi connectivity index (χ1) is 12.6. The molecule has 1 spiro atoms. The van der Waals surface area contributed by atoms with Gasteiger partial charge in [-0.1, -0.05) is 18.2 Å². The Labute approximate surface area is 157 Å². The maximum atomic E-state index is 13.1. The standard InChI is InChI=1S/C20H22N2O3S/c1-25-16-5-2-4-15(12-16)13-21-9-7-20(19(21)24)8-10-22(14-20)18(23)17-6-3-11-26-17/h2-6,11-12H,7-10,13-14H2,1H3/t20-/m1/s1. The summed E-state index contributed by atoms with van der Waals surface area (Å²) in [6.45, 7) is 2.54. The summed E-state index contributed by atoms with van der Waals surface area (Å²) in [5.41, 5.74) is 0.672. The second-order valence-corrected chi connectivity index (χ2v) is 8.01. The predicted molar refractivity (Wildman–Crippen MR) is 100 cm³/mol. The Hall–Kier alpha value is -2.34. The monoisotopic (exact) mass is 370 g/mol. The zero-order valence-electron chi connectivity index (χ0n) is 14.8. The molecule has 2 amide bonds. The maximum Gasteiger partial charge on any atom is 0.263 e. The van der Waals surface area contributed by atoms with Gasteiger partial charge in [0.2, 0.25) is 5.91 Å². The molecule has 2 fully saturated rings. The quantitative estimate of drug-likeness (QED) is 0.831. The summed E-state index contributed by atoms with van der Waals surface area (Å²) in [7, 11) is 1.65. The van der Waals surface area contributed by atoms with Gasteiger partial charge in [-0.15, -0.1) is 11.3 Å². The number of hydrogen-bond acceptors (Lipinski definition) is 4. The van der Waals surface area contributed by atoms with Gasteiger partial charge in [0.05, 0.1) is 17.4 Å². The van der Waals surface area contributed by atoms with Gasteiger partial charge >= 0.3 is 0 Å². The molecule has 1 aromatic heterocycles. The number of rotatable bonds is 4. The number of hydrogen-bond donors (Lipinski definition) is 0. The van der Waals surface area contributed by atoms with Crippen molar-refractivity contribution >= 4 is 23.2 Å². The number of benzene rings is 1. The maximum absolute atomic E-state index is 13.1. The molecule has 2 saturated heterocycles. The fourth-order valence-electron chi connectivity index (χ4n) is 4.02. The van der Waals surface area contributed by atoms with E-state index in [1.165, 1.54) is 11.3 Å². The van der Waals surface area contributed by atoms with E-state index in [1.54, 1.807) is 7.11 Å². The van der Waals surface area contributed by atoms with E-state index in [1.807, 2.05) is 51.6 Å². The fourth-order valence-corrected chi connectivity index (χ4v) is 4.71. The number of nitrogens with zero attached hydrogens (tertiary/aromatic N) is 2. The highest BCUT2D eigenvalue weighted by Gasteiger charge is 2.51. The largest absolute Gasteiger partial charge is 0.497 e. The van der Waals surface area contributed by atoms with E-state index in [0.29, 0.717) is 19.6 Å². The number of amides is 2. The molecule has 0 saturated carbocycles. The van der Waals surface area contributed by atoms with E-state index in [0.717, 1.165) is 35.6 Å². The van der Waals surface area contributed by atoms with Crippen LogP contribution in [-0.2, 0) is 11.3 Å². The van der Waals surface area contributed by atoms with Crippen molar-refractivity contribution < 1.29 is 14.3 Å². The first-order valence-electron chi connectivity index (χ1n) is 8.86. The molecular weight excluding hydrogens is 348 g/mol. The summed E-state index contributed by atoms with van der Waals surface area (Å²) in [5, 5.41) is 1.91. The van der Waals surface area contributed by atoms with Gasteiger partial charge < -0.3 is 14.5 Å². The lowest BCUT2D eigenvalue weighted by atomic mass is 9.85. The van der Waals surface area contributed by atoms with Crippen LogP contribution >= 0.6 is 11.3 Å². The summed E-state index contributed by atoms with van der Waals surface area (Å²) in [6, 6.07) is 11.6. The number of ether oxygens (including phenoxy) is 1. The Balaban J connectivity index is 1.44. The van der Waals surface area contributed by atoms with Crippen LogP contribution in [0.5, 0.6) is 5.75 Å². The zero-order valence-corrected chi connectivity index (χ0v) is 15.6. The Morgan fingerprint density at radius 1 is 1.23 bits per heavy atom. The van der Waals surface area contributed by atoms with E-state index in [2.05, 4.69) is 0 Å². The molecule has 6 heteroatoms. The molecule has 0 unspecified atom stereocenters. The lowest BCUT2D eigenvalue weighted by Gasteiger charge is -2.23. The van der Waals surface area contributed by atoms with Crippen molar-refractivity contribution in [3.8, 4) is 5.75 Å². The predicted octanol–water partition coefficient (Wildman–Crippen LogP) is 3.02. The number of carbonyl (C=O) groups excluding carboxylic acids is 2. The van der Waals surface area contributed by atoms with Crippen LogP contribution in [0.25, 0.3) is 0 Å². The topological polar surface area (TPSA) is 49.9 Å². The summed E-state index contributed by atoms with van der Waals surface area (Å²) in [4.78, 5) is 30.2. The third kappa shape index (κ3) is 2.98. The first-order valence-corrected chi connectivity index (χ1v) is 9.74. The summed E-state index contributed by atoms with van der Waals surface area (Å²) in [6.07, 6.45) is 1.58. The van der Waals surface area contributed by atoms with Gasteiger partial charge in [-0.3, -0.25) is 9.59 Å². The number of thiophene rings is 1. The summed E-state index contributed by atoms with van der Waals surface area (Å²) < 4.78 is 5.27. The summed E-state index contributed by atoms with van der Waals surface area (Å²) in [5.74, 6) is 1.04. The van der Waals surface area contributed by atoms with Crippen LogP contribution in [0.3, 0.4) is 0 Å². The van der Waals surface area contributed by atoms with Crippen molar-refractivity contribution in [1.29, 1.82) is 0 Å². The smallest absolute Gasteiger partial charge is 0.263 e.